The van der Waals surface area contributed by atoms with Gasteiger partial charge in [0.2, 0.25) is 11.8 Å². The molecule has 3 aromatic carbocycles. The summed E-state index contributed by atoms with van der Waals surface area (Å²) in [6.07, 6.45) is 0.868. The van der Waals surface area contributed by atoms with Gasteiger partial charge in [-0.2, -0.15) is 0 Å². The van der Waals surface area contributed by atoms with Gasteiger partial charge in [-0.15, -0.1) is 0 Å². The molecule has 41 heavy (non-hydrogen) atoms. The van der Waals surface area contributed by atoms with Crippen molar-refractivity contribution in [1.82, 2.24) is 10.2 Å². The number of hydrogen-bond donors (Lipinski definition) is 1. The lowest BCUT2D eigenvalue weighted by atomic mass is 10.1. The summed E-state index contributed by atoms with van der Waals surface area (Å²) in [5.74, 6) is -0.455. The van der Waals surface area contributed by atoms with Crippen LogP contribution in [0, 0.1) is 6.92 Å². The molecule has 0 aliphatic rings. The fourth-order valence-corrected chi connectivity index (χ4v) is 6.01. The first-order valence-corrected chi connectivity index (χ1v) is 15.2. The molecule has 0 aromatic heterocycles. The van der Waals surface area contributed by atoms with Gasteiger partial charge in [-0.05, 0) is 75.9 Å². The average Bonchev–Trinajstić information content (AvgIpc) is 2.93. The van der Waals surface area contributed by atoms with Crippen LogP contribution in [0.1, 0.15) is 45.2 Å². The Morgan fingerprint density at radius 2 is 1.56 bits per heavy atom. The van der Waals surface area contributed by atoms with Crippen LogP contribution >= 0.6 is 0 Å². The highest BCUT2D eigenvalue weighted by atomic mass is 32.2. The molecular weight excluding hydrogens is 538 g/mol. The summed E-state index contributed by atoms with van der Waals surface area (Å²) in [5.41, 5.74) is 1.56. The van der Waals surface area contributed by atoms with Crippen LogP contribution in [0.4, 0.5) is 5.69 Å². The molecule has 0 spiro atoms. The largest absolute Gasteiger partial charge is 0.495 e. The molecule has 8 nitrogen and oxygen atoms in total. The van der Waals surface area contributed by atoms with E-state index in [9.17, 15) is 18.0 Å². The predicted octanol–water partition coefficient (Wildman–Crippen LogP) is 4.96. The van der Waals surface area contributed by atoms with Crippen molar-refractivity contribution in [2.75, 3.05) is 24.5 Å². The Morgan fingerprint density at radius 1 is 0.951 bits per heavy atom. The lowest BCUT2D eigenvalue weighted by Crippen LogP contribution is -2.56. The van der Waals surface area contributed by atoms with Crippen LogP contribution < -0.4 is 14.4 Å². The first-order chi connectivity index (χ1) is 19.4. The molecule has 0 radical (unpaired) electrons. The standard InChI is InChI=1S/C32H41N3O5S/c1-7-27(31(37)33-32(3,4)5)34(21-20-25-14-10-8-11-15-25)30(36)23-35(28-22-24(2)18-19-29(28)40-6)41(38,39)26-16-12-9-13-17-26/h8-19,22,27H,7,20-21,23H2,1-6H3,(H,33,37)/t27-/m0/s1. The summed E-state index contributed by atoms with van der Waals surface area (Å²) in [6.45, 7) is 9.06. The number of methoxy groups -OCH3 is 1. The van der Waals surface area contributed by atoms with Gasteiger partial charge in [-0.1, -0.05) is 61.5 Å². The third-order valence-corrected chi connectivity index (χ3v) is 8.36. The van der Waals surface area contributed by atoms with Crippen molar-refractivity contribution in [3.63, 3.8) is 0 Å². The quantitative estimate of drug-likeness (QED) is 0.327. The molecule has 0 bridgehead atoms. The molecule has 1 N–H and O–H groups in total. The number of aryl methyl sites for hydroxylation is 1. The van der Waals surface area contributed by atoms with E-state index < -0.39 is 34.1 Å². The summed E-state index contributed by atoms with van der Waals surface area (Å²) in [5, 5.41) is 2.99. The van der Waals surface area contributed by atoms with Gasteiger partial charge in [0.25, 0.3) is 10.0 Å². The van der Waals surface area contributed by atoms with Gasteiger partial charge >= 0.3 is 0 Å². The van der Waals surface area contributed by atoms with E-state index in [1.165, 1.54) is 24.1 Å². The molecule has 0 saturated carbocycles. The molecule has 220 valence electrons. The van der Waals surface area contributed by atoms with Crippen molar-refractivity contribution < 1.29 is 22.7 Å². The predicted molar refractivity (Wildman–Crippen MR) is 163 cm³/mol. The van der Waals surface area contributed by atoms with E-state index in [-0.39, 0.29) is 23.0 Å². The van der Waals surface area contributed by atoms with E-state index in [4.69, 9.17) is 4.74 Å². The number of carbonyl (C=O) groups excluding carboxylic acids is 2. The number of benzene rings is 3. The highest BCUT2D eigenvalue weighted by Crippen LogP contribution is 2.33. The lowest BCUT2D eigenvalue weighted by molar-refractivity contribution is -0.140. The number of sulfonamides is 1. The van der Waals surface area contributed by atoms with Crippen LogP contribution in [0.15, 0.2) is 83.8 Å². The fraction of sp³-hybridized carbons (Fsp3) is 0.375. The summed E-state index contributed by atoms with van der Waals surface area (Å²) < 4.78 is 34.7. The van der Waals surface area contributed by atoms with E-state index >= 15 is 0 Å². The zero-order valence-electron chi connectivity index (χ0n) is 24.8. The first kappa shape index (κ1) is 31.7. The number of rotatable bonds is 12. The second-order valence-corrected chi connectivity index (χ2v) is 12.8. The van der Waals surface area contributed by atoms with Gasteiger partial charge in [0, 0.05) is 12.1 Å². The highest BCUT2D eigenvalue weighted by molar-refractivity contribution is 7.92. The maximum Gasteiger partial charge on any atom is 0.264 e. The van der Waals surface area contributed by atoms with Crippen molar-refractivity contribution in [1.29, 1.82) is 0 Å². The van der Waals surface area contributed by atoms with Gasteiger partial charge in [0.1, 0.15) is 18.3 Å². The topological polar surface area (TPSA) is 96.0 Å². The monoisotopic (exact) mass is 579 g/mol. The number of amides is 2. The van der Waals surface area contributed by atoms with Crippen molar-refractivity contribution in [3.8, 4) is 5.75 Å². The van der Waals surface area contributed by atoms with Crippen molar-refractivity contribution in [3.05, 3.63) is 90.0 Å². The van der Waals surface area contributed by atoms with Crippen LogP contribution in [0.25, 0.3) is 0 Å². The molecule has 0 unspecified atom stereocenters. The van der Waals surface area contributed by atoms with Gasteiger partial charge in [0.15, 0.2) is 0 Å². The Bertz CT molecular complexity index is 1420. The second-order valence-electron chi connectivity index (χ2n) is 11.0. The van der Waals surface area contributed by atoms with E-state index in [0.717, 1.165) is 15.4 Å². The van der Waals surface area contributed by atoms with Crippen LogP contribution in [0.5, 0.6) is 5.75 Å². The number of anilines is 1. The molecule has 1 atom stereocenters. The Labute approximate surface area is 244 Å². The Balaban J connectivity index is 2.08. The fourth-order valence-electron chi connectivity index (χ4n) is 4.58. The van der Waals surface area contributed by atoms with E-state index in [1.807, 2.05) is 71.0 Å². The van der Waals surface area contributed by atoms with Crippen molar-refractivity contribution in [2.45, 2.75) is 63.9 Å². The summed E-state index contributed by atoms with van der Waals surface area (Å²) in [7, 11) is -2.72. The maximum absolute atomic E-state index is 14.2. The SMILES string of the molecule is CC[C@@H](C(=O)NC(C)(C)C)N(CCc1ccccc1)C(=O)CN(c1cc(C)ccc1OC)S(=O)(=O)c1ccccc1. The number of nitrogens with one attached hydrogen (secondary N) is 1. The van der Waals surface area contributed by atoms with E-state index in [2.05, 4.69) is 5.32 Å². The Kier molecular flexibility index (Phi) is 10.6. The smallest absolute Gasteiger partial charge is 0.264 e. The molecule has 0 aliphatic heterocycles. The first-order valence-electron chi connectivity index (χ1n) is 13.7. The number of carbonyl (C=O) groups is 2. The van der Waals surface area contributed by atoms with Crippen LogP contribution in [0.2, 0.25) is 0 Å². The minimum atomic E-state index is -4.18. The maximum atomic E-state index is 14.2. The van der Waals surface area contributed by atoms with E-state index in [0.29, 0.717) is 18.6 Å². The average molecular weight is 580 g/mol. The van der Waals surface area contributed by atoms with Crippen molar-refractivity contribution >= 4 is 27.5 Å². The Hall–Kier alpha value is -3.85. The van der Waals surface area contributed by atoms with Gasteiger partial charge in [-0.25, -0.2) is 8.42 Å². The second kappa shape index (κ2) is 13.7. The molecule has 3 aromatic rings. The molecule has 0 saturated heterocycles. The van der Waals surface area contributed by atoms with Crippen LogP contribution in [-0.4, -0.2) is 56.9 Å². The van der Waals surface area contributed by atoms with Crippen LogP contribution in [-0.2, 0) is 26.0 Å². The zero-order valence-corrected chi connectivity index (χ0v) is 25.6. The molecule has 0 fully saturated rings. The molecule has 3 rings (SSSR count). The number of hydrogen-bond acceptors (Lipinski definition) is 5. The summed E-state index contributed by atoms with van der Waals surface area (Å²) >= 11 is 0. The molecular formula is C32H41N3O5S. The lowest BCUT2D eigenvalue weighted by Gasteiger charge is -2.35. The van der Waals surface area contributed by atoms with Gasteiger partial charge < -0.3 is 15.0 Å². The minimum absolute atomic E-state index is 0.0460. The molecule has 9 heteroatoms. The minimum Gasteiger partial charge on any atom is -0.495 e. The van der Waals surface area contributed by atoms with E-state index in [1.54, 1.807) is 30.3 Å². The van der Waals surface area contributed by atoms with Gasteiger partial charge in [-0.3, -0.25) is 13.9 Å². The molecule has 0 heterocycles. The number of ether oxygens (including phenoxy) is 1. The summed E-state index contributed by atoms with van der Waals surface area (Å²) in [4.78, 5) is 29.1. The third kappa shape index (κ3) is 8.33. The van der Waals surface area contributed by atoms with Crippen LogP contribution in [0.3, 0.4) is 0 Å². The normalized spacial score (nSPS) is 12.3. The third-order valence-electron chi connectivity index (χ3n) is 6.58. The number of nitrogens with zero attached hydrogens (tertiary/aromatic N) is 2. The molecule has 2 amide bonds. The van der Waals surface area contributed by atoms with Gasteiger partial charge in [0.05, 0.1) is 17.7 Å². The van der Waals surface area contributed by atoms with Crippen molar-refractivity contribution in [2.24, 2.45) is 0 Å². The highest BCUT2D eigenvalue weighted by Gasteiger charge is 2.35. The summed E-state index contributed by atoms with van der Waals surface area (Å²) in [6, 6.07) is 22.1. The Morgan fingerprint density at radius 3 is 2.12 bits per heavy atom. The zero-order chi connectivity index (χ0) is 30.2. The molecule has 0 aliphatic carbocycles.